The van der Waals surface area contributed by atoms with E-state index in [-0.39, 0.29) is 5.69 Å². The number of hydrogen-bond acceptors (Lipinski definition) is 2. The number of carbonyl (C=O) groups is 1. The Bertz CT molecular complexity index is 1060. The van der Waals surface area contributed by atoms with Crippen LogP contribution in [0.3, 0.4) is 0 Å². The van der Waals surface area contributed by atoms with Gasteiger partial charge in [0.1, 0.15) is 0 Å². The van der Waals surface area contributed by atoms with Crippen molar-refractivity contribution in [3.63, 3.8) is 0 Å². The fourth-order valence-corrected chi connectivity index (χ4v) is 3.85. The second-order valence-electron chi connectivity index (χ2n) is 7.04. The number of halogens is 3. The SMILES string of the molecule is CN1c2ccccc2C[C@@H](C(=O)Nc2ccccc2C(F)(F)F)c2ccccc21. The van der Waals surface area contributed by atoms with E-state index < -0.39 is 23.6 Å². The van der Waals surface area contributed by atoms with Gasteiger partial charge in [-0.3, -0.25) is 4.79 Å². The summed E-state index contributed by atoms with van der Waals surface area (Å²) < 4.78 is 40.0. The Kier molecular flexibility index (Phi) is 4.78. The molecule has 1 N–H and O–H groups in total. The summed E-state index contributed by atoms with van der Waals surface area (Å²) in [5.41, 5.74) is 2.51. The Morgan fingerprint density at radius 1 is 0.931 bits per heavy atom. The average Bonchev–Trinajstić information content (AvgIpc) is 2.83. The van der Waals surface area contributed by atoms with Gasteiger partial charge in [-0.2, -0.15) is 13.2 Å². The molecule has 0 bridgehead atoms. The quantitative estimate of drug-likeness (QED) is 0.598. The minimum atomic E-state index is -4.54. The van der Waals surface area contributed by atoms with Gasteiger partial charge in [-0.15, -0.1) is 0 Å². The number of nitrogens with zero attached hydrogens (tertiary/aromatic N) is 1. The van der Waals surface area contributed by atoms with E-state index >= 15 is 0 Å². The van der Waals surface area contributed by atoms with Crippen LogP contribution in [0.1, 0.15) is 22.6 Å². The lowest BCUT2D eigenvalue weighted by Crippen LogP contribution is -2.24. The van der Waals surface area contributed by atoms with E-state index in [0.29, 0.717) is 6.42 Å². The van der Waals surface area contributed by atoms with Crippen LogP contribution in [0.5, 0.6) is 0 Å². The summed E-state index contributed by atoms with van der Waals surface area (Å²) in [5.74, 6) is -1.07. The number of hydrogen-bond donors (Lipinski definition) is 1. The summed E-state index contributed by atoms with van der Waals surface area (Å²) in [6.45, 7) is 0. The van der Waals surface area contributed by atoms with Gasteiger partial charge in [0.15, 0.2) is 0 Å². The summed E-state index contributed by atoms with van der Waals surface area (Å²) in [4.78, 5) is 15.2. The highest BCUT2D eigenvalue weighted by Crippen LogP contribution is 2.41. The fourth-order valence-electron chi connectivity index (χ4n) is 3.85. The molecule has 29 heavy (non-hydrogen) atoms. The van der Waals surface area contributed by atoms with E-state index in [9.17, 15) is 18.0 Å². The number of fused-ring (bicyclic) bond motifs is 2. The van der Waals surface area contributed by atoms with Gasteiger partial charge in [-0.25, -0.2) is 0 Å². The molecule has 3 nitrogen and oxygen atoms in total. The van der Waals surface area contributed by atoms with Crippen molar-refractivity contribution in [1.82, 2.24) is 0 Å². The molecule has 1 aliphatic heterocycles. The van der Waals surface area contributed by atoms with Gasteiger partial charge >= 0.3 is 6.18 Å². The third kappa shape index (κ3) is 3.58. The van der Waals surface area contributed by atoms with Gasteiger partial charge in [0, 0.05) is 18.4 Å². The highest BCUT2D eigenvalue weighted by molar-refractivity contribution is 5.98. The van der Waals surface area contributed by atoms with Crippen LogP contribution in [0, 0.1) is 0 Å². The van der Waals surface area contributed by atoms with Crippen LogP contribution in [0.15, 0.2) is 72.8 Å². The Morgan fingerprint density at radius 3 is 2.31 bits per heavy atom. The minimum absolute atomic E-state index is 0.228. The van der Waals surface area contributed by atoms with Gasteiger partial charge in [0.25, 0.3) is 0 Å². The molecule has 0 aromatic heterocycles. The molecule has 1 amide bonds. The summed E-state index contributed by atoms with van der Waals surface area (Å²) in [6, 6.07) is 20.3. The predicted octanol–water partition coefficient (Wildman–Crippen LogP) is 5.75. The number of anilines is 3. The molecule has 1 atom stereocenters. The molecule has 3 aromatic carbocycles. The predicted molar refractivity (Wildman–Crippen MR) is 107 cm³/mol. The van der Waals surface area contributed by atoms with Crippen LogP contribution in [0.2, 0.25) is 0 Å². The van der Waals surface area contributed by atoms with E-state index in [2.05, 4.69) is 5.32 Å². The highest BCUT2D eigenvalue weighted by atomic mass is 19.4. The summed E-state index contributed by atoms with van der Waals surface area (Å²) >= 11 is 0. The number of benzene rings is 3. The first kappa shape index (κ1) is 19.1. The molecule has 1 aliphatic rings. The highest BCUT2D eigenvalue weighted by Gasteiger charge is 2.35. The van der Waals surface area contributed by atoms with Crippen molar-refractivity contribution < 1.29 is 18.0 Å². The lowest BCUT2D eigenvalue weighted by atomic mass is 9.91. The Morgan fingerprint density at radius 2 is 1.55 bits per heavy atom. The van der Waals surface area contributed by atoms with Gasteiger partial charge in [-0.1, -0.05) is 48.5 Å². The maximum absolute atomic E-state index is 13.3. The molecular weight excluding hydrogens is 377 g/mol. The molecule has 0 unspecified atom stereocenters. The van der Waals surface area contributed by atoms with Crippen LogP contribution in [0.4, 0.5) is 30.2 Å². The largest absolute Gasteiger partial charge is 0.418 e. The van der Waals surface area contributed by atoms with Crippen molar-refractivity contribution in [1.29, 1.82) is 0 Å². The van der Waals surface area contributed by atoms with Crippen molar-refractivity contribution >= 4 is 23.0 Å². The lowest BCUT2D eigenvalue weighted by molar-refractivity contribution is -0.137. The zero-order chi connectivity index (χ0) is 20.6. The van der Waals surface area contributed by atoms with Crippen molar-refractivity contribution in [2.24, 2.45) is 0 Å². The molecule has 0 saturated carbocycles. The van der Waals surface area contributed by atoms with E-state index in [4.69, 9.17) is 0 Å². The smallest absolute Gasteiger partial charge is 0.344 e. The first-order chi connectivity index (χ1) is 13.9. The number of nitrogens with one attached hydrogen (secondary N) is 1. The van der Waals surface area contributed by atoms with Crippen molar-refractivity contribution in [2.75, 3.05) is 17.3 Å². The van der Waals surface area contributed by atoms with Crippen LogP contribution in [-0.2, 0) is 17.4 Å². The standard InChI is InChI=1S/C23H19F3N2O/c1-28-20-12-6-2-8-15(20)14-17(16-9-3-7-13-21(16)28)22(29)27-19-11-5-4-10-18(19)23(24,25)26/h2-13,17H,14H2,1H3,(H,27,29)/t17-/m1/s1. The first-order valence-corrected chi connectivity index (χ1v) is 9.24. The van der Waals surface area contributed by atoms with E-state index in [0.717, 1.165) is 28.6 Å². The lowest BCUT2D eigenvalue weighted by Gasteiger charge is -2.22. The molecule has 4 rings (SSSR count). The van der Waals surface area contributed by atoms with Gasteiger partial charge < -0.3 is 10.2 Å². The zero-order valence-electron chi connectivity index (χ0n) is 15.7. The van der Waals surface area contributed by atoms with Crippen molar-refractivity contribution in [2.45, 2.75) is 18.5 Å². The van der Waals surface area contributed by atoms with Crippen molar-refractivity contribution in [3.8, 4) is 0 Å². The van der Waals surface area contributed by atoms with Crippen LogP contribution in [-0.4, -0.2) is 13.0 Å². The molecule has 1 heterocycles. The normalized spacial score (nSPS) is 15.9. The van der Waals surface area contributed by atoms with Gasteiger partial charge in [0.05, 0.1) is 17.2 Å². The molecule has 6 heteroatoms. The van der Waals surface area contributed by atoms with Gasteiger partial charge in [0.2, 0.25) is 5.91 Å². The van der Waals surface area contributed by atoms with E-state index in [1.165, 1.54) is 18.2 Å². The molecule has 0 aliphatic carbocycles. The van der Waals surface area contributed by atoms with E-state index in [1.54, 1.807) is 0 Å². The fraction of sp³-hybridized carbons (Fsp3) is 0.174. The summed E-state index contributed by atoms with van der Waals surface area (Å²) in [5, 5.41) is 2.52. The number of para-hydroxylation sites is 3. The number of carbonyl (C=O) groups excluding carboxylic acids is 1. The first-order valence-electron chi connectivity index (χ1n) is 9.24. The molecule has 0 fully saturated rings. The molecular formula is C23H19F3N2O. The van der Waals surface area contributed by atoms with Gasteiger partial charge in [-0.05, 0) is 41.8 Å². The molecule has 3 aromatic rings. The molecule has 0 spiro atoms. The molecule has 0 radical (unpaired) electrons. The Hall–Kier alpha value is -3.28. The molecule has 0 saturated heterocycles. The third-order valence-corrected chi connectivity index (χ3v) is 5.26. The Labute approximate surface area is 166 Å². The Balaban J connectivity index is 1.75. The second kappa shape index (κ2) is 7.28. The third-order valence-electron chi connectivity index (χ3n) is 5.26. The monoisotopic (exact) mass is 396 g/mol. The molecule has 148 valence electrons. The average molecular weight is 396 g/mol. The number of rotatable bonds is 2. The summed E-state index contributed by atoms with van der Waals surface area (Å²) in [6.07, 6.45) is -4.14. The maximum Gasteiger partial charge on any atom is 0.418 e. The second-order valence-corrected chi connectivity index (χ2v) is 7.04. The maximum atomic E-state index is 13.3. The summed E-state index contributed by atoms with van der Waals surface area (Å²) in [7, 11) is 1.93. The van der Waals surface area contributed by atoms with Crippen LogP contribution >= 0.6 is 0 Å². The van der Waals surface area contributed by atoms with Crippen LogP contribution < -0.4 is 10.2 Å². The topological polar surface area (TPSA) is 32.3 Å². The number of amides is 1. The zero-order valence-corrected chi connectivity index (χ0v) is 15.7. The van der Waals surface area contributed by atoms with E-state index in [1.807, 2.05) is 60.5 Å². The minimum Gasteiger partial charge on any atom is -0.344 e. The van der Waals surface area contributed by atoms with Crippen LogP contribution in [0.25, 0.3) is 0 Å². The van der Waals surface area contributed by atoms with Crippen molar-refractivity contribution in [3.05, 3.63) is 89.5 Å². The number of alkyl halides is 3.